The summed E-state index contributed by atoms with van der Waals surface area (Å²) in [6.45, 7) is -0.0433. The van der Waals surface area contributed by atoms with E-state index in [1.165, 1.54) is 0 Å². The molecule has 0 bridgehead atoms. The molecule has 2 aromatic carbocycles. The molecule has 0 aliphatic rings. The Morgan fingerprint density at radius 1 is 1.00 bits per heavy atom. The Hall–Kier alpha value is -2.85. The topological polar surface area (TPSA) is 62.5 Å². The fourth-order valence-corrected chi connectivity index (χ4v) is 2.48. The van der Waals surface area contributed by atoms with Crippen molar-refractivity contribution in [3.8, 4) is 11.3 Å². The minimum absolute atomic E-state index is 0.0433. The number of anilines is 1. The van der Waals surface area contributed by atoms with Crippen molar-refractivity contribution in [2.75, 3.05) is 5.32 Å². The fraction of sp³-hybridized carbons (Fsp3) is 0.150. The first kappa shape index (κ1) is 16.0. The average molecular weight is 321 g/mol. The number of carbonyl (C=O) groups is 1. The van der Waals surface area contributed by atoms with Gasteiger partial charge in [-0.05, 0) is 29.8 Å². The number of benzene rings is 2. The zero-order chi connectivity index (χ0) is 16.8. The van der Waals surface area contributed by atoms with Crippen molar-refractivity contribution in [2.45, 2.75) is 19.4 Å². The summed E-state index contributed by atoms with van der Waals surface area (Å²) in [5.74, 6) is 1.51. The number of rotatable bonds is 6. The predicted molar refractivity (Wildman–Crippen MR) is 93.5 cm³/mol. The van der Waals surface area contributed by atoms with Gasteiger partial charge in [-0.25, -0.2) is 0 Å². The zero-order valence-electron chi connectivity index (χ0n) is 13.2. The van der Waals surface area contributed by atoms with Crippen LogP contribution in [0.15, 0.2) is 71.1 Å². The zero-order valence-corrected chi connectivity index (χ0v) is 13.2. The van der Waals surface area contributed by atoms with Crippen LogP contribution in [-0.2, 0) is 17.8 Å². The van der Waals surface area contributed by atoms with E-state index in [0.29, 0.717) is 18.5 Å². The van der Waals surface area contributed by atoms with Crippen molar-refractivity contribution in [1.82, 2.24) is 0 Å². The third-order valence-corrected chi connectivity index (χ3v) is 3.71. The van der Waals surface area contributed by atoms with E-state index >= 15 is 0 Å². The van der Waals surface area contributed by atoms with Crippen LogP contribution in [0.3, 0.4) is 0 Å². The lowest BCUT2D eigenvalue weighted by Gasteiger charge is -2.06. The van der Waals surface area contributed by atoms with Gasteiger partial charge in [0.05, 0.1) is 6.61 Å². The Balaban J connectivity index is 1.56. The number of aliphatic hydroxyl groups is 1. The van der Waals surface area contributed by atoms with E-state index in [1.807, 2.05) is 48.5 Å². The normalized spacial score (nSPS) is 10.5. The molecule has 24 heavy (non-hydrogen) atoms. The van der Waals surface area contributed by atoms with Crippen LogP contribution in [0.2, 0.25) is 0 Å². The summed E-state index contributed by atoms with van der Waals surface area (Å²) in [5, 5.41) is 12.0. The molecule has 0 saturated heterocycles. The number of hydrogen-bond donors (Lipinski definition) is 2. The Morgan fingerprint density at radius 2 is 1.83 bits per heavy atom. The van der Waals surface area contributed by atoms with Gasteiger partial charge < -0.3 is 14.8 Å². The molecule has 0 fully saturated rings. The monoisotopic (exact) mass is 321 g/mol. The largest absolute Gasteiger partial charge is 0.461 e. The van der Waals surface area contributed by atoms with Crippen molar-refractivity contribution in [3.05, 3.63) is 78.1 Å². The Morgan fingerprint density at radius 3 is 2.62 bits per heavy atom. The van der Waals surface area contributed by atoms with E-state index in [4.69, 9.17) is 9.52 Å². The van der Waals surface area contributed by atoms with Gasteiger partial charge in [-0.1, -0.05) is 42.5 Å². The van der Waals surface area contributed by atoms with E-state index in [1.54, 1.807) is 18.2 Å². The average Bonchev–Trinajstić information content (AvgIpc) is 3.10. The molecule has 0 spiro atoms. The highest BCUT2D eigenvalue weighted by atomic mass is 16.3. The van der Waals surface area contributed by atoms with Crippen molar-refractivity contribution >= 4 is 11.6 Å². The molecule has 0 saturated carbocycles. The maximum absolute atomic E-state index is 12.0. The molecule has 0 aliphatic heterocycles. The molecule has 0 unspecified atom stereocenters. The smallest absolute Gasteiger partial charge is 0.224 e. The standard InChI is InChI=1S/C20H19NO3/c22-14-15-5-4-8-17(13-15)21-20(23)12-10-18-9-11-19(24-18)16-6-2-1-3-7-16/h1-9,11,13,22H,10,12,14H2,(H,21,23). The number of amides is 1. The molecule has 2 N–H and O–H groups in total. The second kappa shape index (κ2) is 7.62. The second-order valence-electron chi connectivity index (χ2n) is 5.54. The number of aryl methyl sites for hydroxylation is 1. The molecule has 1 heterocycles. The number of aliphatic hydroxyl groups excluding tert-OH is 1. The molecule has 0 aliphatic carbocycles. The second-order valence-corrected chi connectivity index (χ2v) is 5.54. The quantitative estimate of drug-likeness (QED) is 0.721. The summed E-state index contributed by atoms with van der Waals surface area (Å²) in [5.41, 5.74) is 2.48. The number of furan rings is 1. The number of hydrogen-bond acceptors (Lipinski definition) is 3. The highest BCUT2D eigenvalue weighted by Gasteiger charge is 2.08. The van der Waals surface area contributed by atoms with Gasteiger partial charge in [0.15, 0.2) is 0 Å². The molecule has 0 radical (unpaired) electrons. The molecule has 4 heteroatoms. The van der Waals surface area contributed by atoms with Crippen molar-refractivity contribution in [1.29, 1.82) is 0 Å². The van der Waals surface area contributed by atoms with Gasteiger partial charge in [-0.15, -0.1) is 0 Å². The van der Waals surface area contributed by atoms with Gasteiger partial charge in [0.2, 0.25) is 5.91 Å². The van der Waals surface area contributed by atoms with Gasteiger partial charge in [0, 0.05) is 24.1 Å². The molecule has 122 valence electrons. The Kier molecular flexibility index (Phi) is 5.08. The van der Waals surface area contributed by atoms with Gasteiger partial charge in [0.1, 0.15) is 11.5 Å². The van der Waals surface area contributed by atoms with Crippen LogP contribution in [-0.4, -0.2) is 11.0 Å². The minimum atomic E-state index is -0.0808. The van der Waals surface area contributed by atoms with Crippen molar-refractivity contribution in [2.24, 2.45) is 0 Å². The van der Waals surface area contributed by atoms with E-state index in [0.717, 1.165) is 22.6 Å². The summed E-state index contributed by atoms with van der Waals surface area (Å²) < 4.78 is 5.79. The summed E-state index contributed by atoms with van der Waals surface area (Å²) in [7, 11) is 0. The van der Waals surface area contributed by atoms with Crippen LogP contribution in [0.4, 0.5) is 5.69 Å². The summed E-state index contributed by atoms with van der Waals surface area (Å²) >= 11 is 0. The third-order valence-electron chi connectivity index (χ3n) is 3.71. The summed E-state index contributed by atoms with van der Waals surface area (Å²) in [6, 6.07) is 20.9. The maximum Gasteiger partial charge on any atom is 0.224 e. The van der Waals surface area contributed by atoms with Gasteiger partial charge in [0.25, 0.3) is 0 Å². The number of nitrogens with one attached hydrogen (secondary N) is 1. The van der Waals surface area contributed by atoms with Crippen molar-refractivity contribution in [3.63, 3.8) is 0 Å². The Labute approximate surface area is 140 Å². The third kappa shape index (κ3) is 4.12. The van der Waals surface area contributed by atoms with Crippen LogP contribution >= 0.6 is 0 Å². The molecule has 1 amide bonds. The summed E-state index contributed by atoms with van der Waals surface area (Å²) in [4.78, 5) is 12.0. The molecule has 1 aromatic heterocycles. The first-order valence-corrected chi connectivity index (χ1v) is 7.88. The van der Waals surface area contributed by atoms with E-state index in [-0.39, 0.29) is 12.5 Å². The molecule has 0 atom stereocenters. The summed E-state index contributed by atoms with van der Waals surface area (Å²) in [6.07, 6.45) is 0.878. The highest BCUT2D eigenvalue weighted by Crippen LogP contribution is 2.22. The van der Waals surface area contributed by atoms with E-state index in [2.05, 4.69) is 5.32 Å². The molecular formula is C20H19NO3. The van der Waals surface area contributed by atoms with Crippen molar-refractivity contribution < 1.29 is 14.3 Å². The van der Waals surface area contributed by atoms with Gasteiger partial charge in [-0.2, -0.15) is 0 Å². The molecular weight excluding hydrogens is 302 g/mol. The lowest BCUT2D eigenvalue weighted by Crippen LogP contribution is -2.12. The van der Waals surface area contributed by atoms with Crippen LogP contribution in [0.1, 0.15) is 17.7 Å². The molecule has 3 aromatic rings. The molecule has 3 rings (SSSR count). The van der Waals surface area contributed by atoms with Crippen LogP contribution < -0.4 is 5.32 Å². The predicted octanol–water partition coefficient (Wildman–Crippen LogP) is 4.01. The maximum atomic E-state index is 12.0. The van der Waals surface area contributed by atoms with Gasteiger partial charge in [-0.3, -0.25) is 4.79 Å². The fourth-order valence-electron chi connectivity index (χ4n) is 2.48. The van der Waals surface area contributed by atoms with Crippen LogP contribution in [0, 0.1) is 0 Å². The van der Waals surface area contributed by atoms with Gasteiger partial charge >= 0.3 is 0 Å². The minimum Gasteiger partial charge on any atom is -0.461 e. The Bertz CT molecular complexity index is 809. The molecule has 4 nitrogen and oxygen atoms in total. The lowest BCUT2D eigenvalue weighted by molar-refractivity contribution is -0.116. The first-order chi connectivity index (χ1) is 11.7. The van der Waals surface area contributed by atoms with E-state index in [9.17, 15) is 4.79 Å². The first-order valence-electron chi connectivity index (χ1n) is 7.88. The van der Waals surface area contributed by atoms with Crippen LogP contribution in [0.5, 0.6) is 0 Å². The lowest BCUT2D eigenvalue weighted by atomic mass is 10.2. The van der Waals surface area contributed by atoms with Crippen LogP contribution in [0.25, 0.3) is 11.3 Å². The SMILES string of the molecule is O=C(CCc1ccc(-c2ccccc2)o1)Nc1cccc(CO)c1. The number of carbonyl (C=O) groups excluding carboxylic acids is 1. The highest BCUT2D eigenvalue weighted by molar-refractivity contribution is 5.90. The van der Waals surface area contributed by atoms with E-state index < -0.39 is 0 Å².